The lowest BCUT2D eigenvalue weighted by Crippen LogP contribution is -2.36. The Kier molecular flexibility index (Phi) is 5.41. The zero-order valence-electron chi connectivity index (χ0n) is 14.3. The highest BCUT2D eigenvalue weighted by molar-refractivity contribution is 5.95. The minimum atomic E-state index is 0.0212. The lowest BCUT2D eigenvalue weighted by molar-refractivity contribution is 0.163. The lowest BCUT2D eigenvalue weighted by Gasteiger charge is -2.24. The molecule has 0 amide bonds. The molecule has 0 aliphatic carbocycles. The van der Waals surface area contributed by atoms with E-state index in [0.717, 1.165) is 24.6 Å². The Balaban J connectivity index is 0.000000924. The van der Waals surface area contributed by atoms with Crippen molar-refractivity contribution in [3.05, 3.63) is 6.07 Å². The number of aromatic nitrogens is 3. The number of ether oxygens (including phenoxy) is 1. The highest BCUT2D eigenvalue weighted by Gasteiger charge is 2.29. The Morgan fingerprint density at radius 2 is 1.91 bits per heavy atom. The fourth-order valence-electron chi connectivity index (χ4n) is 2.75. The first-order chi connectivity index (χ1) is 11.1. The number of rotatable bonds is 3. The van der Waals surface area contributed by atoms with Gasteiger partial charge < -0.3 is 21.5 Å². The summed E-state index contributed by atoms with van der Waals surface area (Å²) < 4.78 is 6.12. The van der Waals surface area contributed by atoms with Crippen molar-refractivity contribution in [1.29, 1.82) is 0 Å². The van der Waals surface area contributed by atoms with Gasteiger partial charge in [-0.1, -0.05) is 34.1 Å². The largest absolute Gasteiger partial charge is 0.472 e. The second-order valence-corrected chi connectivity index (χ2v) is 5.28. The molecule has 1 aliphatic heterocycles. The topological polar surface area (TPSA) is 112 Å². The quantitative estimate of drug-likeness (QED) is 0.797. The number of hydrogen-bond donors (Lipinski definition) is 3. The summed E-state index contributed by atoms with van der Waals surface area (Å²) >= 11 is 0. The molecule has 0 radical (unpaired) electrons. The lowest BCUT2D eigenvalue weighted by atomic mass is 10.0. The van der Waals surface area contributed by atoms with Gasteiger partial charge in [-0.25, -0.2) is 4.98 Å². The van der Waals surface area contributed by atoms with Gasteiger partial charge >= 0.3 is 0 Å². The molecule has 2 atom stereocenters. The van der Waals surface area contributed by atoms with Crippen LogP contribution in [-0.2, 0) is 0 Å². The van der Waals surface area contributed by atoms with Crippen LogP contribution in [0.2, 0.25) is 0 Å². The van der Waals surface area contributed by atoms with E-state index in [1.54, 1.807) is 6.07 Å². The molecule has 0 saturated carbocycles. The van der Waals surface area contributed by atoms with E-state index in [9.17, 15) is 0 Å². The summed E-state index contributed by atoms with van der Waals surface area (Å²) in [7, 11) is 0. The maximum Gasteiger partial charge on any atom is 0.229 e. The molecule has 7 nitrogen and oxygen atoms in total. The van der Waals surface area contributed by atoms with Gasteiger partial charge in [0.2, 0.25) is 11.8 Å². The van der Waals surface area contributed by atoms with E-state index in [1.807, 2.05) is 13.8 Å². The van der Waals surface area contributed by atoms with Gasteiger partial charge in [-0.2, -0.15) is 9.97 Å². The number of nitrogens with zero attached hydrogens (tertiary/aromatic N) is 3. The molecule has 2 aromatic rings. The third kappa shape index (κ3) is 3.38. The monoisotopic (exact) mass is 318 g/mol. The average molecular weight is 318 g/mol. The van der Waals surface area contributed by atoms with Crippen LogP contribution in [0.15, 0.2) is 6.07 Å². The van der Waals surface area contributed by atoms with Crippen LogP contribution in [0.1, 0.15) is 47.0 Å². The molecule has 0 spiro atoms. The van der Waals surface area contributed by atoms with Crippen molar-refractivity contribution in [2.45, 2.75) is 59.1 Å². The van der Waals surface area contributed by atoms with Crippen LogP contribution in [0.25, 0.3) is 10.9 Å². The second kappa shape index (κ2) is 7.30. The Morgan fingerprint density at radius 3 is 2.57 bits per heavy atom. The summed E-state index contributed by atoms with van der Waals surface area (Å²) in [4.78, 5) is 12.9. The summed E-state index contributed by atoms with van der Waals surface area (Å²) in [6, 6.07) is 1.84. The Hall–Kier alpha value is -2.31. The Bertz CT molecular complexity index is 670. The fraction of sp³-hybridized carbons (Fsp3) is 0.562. The van der Waals surface area contributed by atoms with Gasteiger partial charge in [-0.05, 0) is 12.8 Å². The van der Waals surface area contributed by atoms with Crippen molar-refractivity contribution in [2.24, 2.45) is 0 Å². The standard InChI is InChI=1S/C14H20N6O.C2H6/c1-3-5-9-7(4-2)17-12-11-8(18-14(16)20-12)6-10(15)19-13(11)21-9;1-2/h6-7,9H,3-5H2,1-2H3,(H2,15,19)(H3,16,17,18,20);1-2H3. The molecule has 0 fully saturated rings. The normalized spacial score (nSPS) is 19.1. The van der Waals surface area contributed by atoms with Gasteiger partial charge in [0.15, 0.2) is 0 Å². The van der Waals surface area contributed by atoms with Crippen LogP contribution >= 0.6 is 0 Å². The number of pyridine rings is 1. The zero-order chi connectivity index (χ0) is 17.0. The van der Waals surface area contributed by atoms with Crippen molar-refractivity contribution < 1.29 is 4.74 Å². The molecule has 0 bridgehead atoms. The van der Waals surface area contributed by atoms with E-state index in [4.69, 9.17) is 16.2 Å². The van der Waals surface area contributed by atoms with Gasteiger partial charge in [-0.3, -0.25) is 0 Å². The number of nitrogens with two attached hydrogens (primary N) is 2. The molecule has 126 valence electrons. The molecule has 1 aliphatic rings. The van der Waals surface area contributed by atoms with Crippen LogP contribution < -0.4 is 21.5 Å². The number of nitrogens with one attached hydrogen (secondary N) is 1. The molecule has 7 heteroatoms. The predicted octanol–water partition coefficient (Wildman–Crippen LogP) is 2.97. The maximum absolute atomic E-state index is 6.12. The molecule has 0 saturated heterocycles. The van der Waals surface area contributed by atoms with Gasteiger partial charge in [0, 0.05) is 6.07 Å². The van der Waals surface area contributed by atoms with Crippen LogP contribution in [0.3, 0.4) is 0 Å². The summed E-state index contributed by atoms with van der Waals surface area (Å²) in [5, 5.41) is 4.18. The third-order valence-corrected chi connectivity index (χ3v) is 3.73. The predicted molar refractivity (Wildman–Crippen MR) is 94.5 cm³/mol. The third-order valence-electron chi connectivity index (χ3n) is 3.73. The van der Waals surface area contributed by atoms with Crippen molar-refractivity contribution in [3.63, 3.8) is 0 Å². The molecular weight excluding hydrogens is 292 g/mol. The van der Waals surface area contributed by atoms with Crippen molar-refractivity contribution in [1.82, 2.24) is 15.0 Å². The molecular formula is C16H26N6O. The Morgan fingerprint density at radius 1 is 1.17 bits per heavy atom. The SMILES string of the molecule is CC.CCCC1Oc2nc(N)cc3nc(N)nc(c23)NC1CC. The molecule has 0 aromatic carbocycles. The number of anilines is 3. The summed E-state index contributed by atoms with van der Waals surface area (Å²) in [5.74, 6) is 1.74. The molecule has 5 N–H and O–H groups in total. The number of nitrogen functional groups attached to an aromatic ring is 2. The molecule has 3 rings (SSSR count). The summed E-state index contributed by atoms with van der Waals surface area (Å²) in [5.41, 5.74) is 12.3. The van der Waals surface area contributed by atoms with Gasteiger partial charge in [-0.15, -0.1) is 0 Å². The Labute approximate surface area is 136 Å². The molecule has 2 aromatic heterocycles. The van der Waals surface area contributed by atoms with Crippen LogP contribution in [0.5, 0.6) is 5.88 Å². The highest BCUT2D eigenvalue weighted by Crippen LogP contribution is 2.35. The van der Waals surface area contributed by atoms with Crippen LogP contribution in [0, 0.1) is 0 Å². The second-order valence-electron chi connectivity index (χ2n) is 5.28. The molecule has 3 heterocycles. The summed E-state index contributed by atoms with van der Waals surface area (Å²) in [6.07, 6.45) is 2.89. The highest BCUT2D eigenvalue weighted by atomic mass is 16.5. The van der Waals surface area contributed by atoms with E-state index in [1.165, 1.54) is 0 Å². The average Bonchev–Trinajstić information content (AvgIpc) is 2.66. The van der Waals surface area contributed by atoms with E-state index < -0.39 is 0 Å². The van der Waals surface area contributed by atoms with E-state index in [0.29, 0.717) is 23.0 Å². The van der Waals surface area contributed by atoms with Crippen LogP contribution in [-0.4, -0.2) is 27.1 Å². The molecule has 2 unspecified atom stereocenters. The minimum absolute atomic E-state index is 0.0212. The maximum atomic E-state index is 6.12. The van der Waals surface area contributed by atoms with E-state index in [2.05, 4.69) is 34.1 Å². The minimum Gasteiger partial charge on any atom is -0.472 e. The van der Waals surface area contributed by atoms with Gasteiger partial charge in [0.25, 0.3) is 0 Å². The van der Waals surface area contributed by atoms with Crippen molar-refractivity contribution >= 4 is 28.5 Å². The smallest absolute Gasteiger partial charge is 0.229 e. The van der Waals surface area contributed by atoms with Gasteiger partial charge in [0.1, 0.15) is 23.1 Å². The van der Waals surface area contributed by atoms with E-state index in [-0.39, 0.29) is 18.1 Å². The first kappa shape index (κ1) is 17.1. The van der Waals surface area contributed by atoms with Crippen molar-refractivity contribution in [2.75, 3.05) is 16.8 Å². The number of hydrogen-bond acceptors (Lipinski definition) is 7. The van der Waals surface area contributed by atoms with Gasteiger partial charge in [0.05, 0.1) is 11.6 Å². The van der Waals surface area contributed by atoms with E-state index >= 15 is 0 Å². The zero-order valence-corrected chi connectivity index (χ0v) is 14.3. The first-order valence-electron chi connectivity index (χ1n) is 8.29. The fourth-order valence-corrected chi connectivity index (χ4v) is 2.75. The first-order valence-corrected chi connectivity index (χ1v) is 8.29. The van der Waals surface area contributed by atoms with Crippen LogP contribution in [0.4, 0.5) is 17.6 Å². The molecule has 23 heavy (non-hydrogen) atoms. The van der Waals surface area contributed by atoms with Crippen molar-refractivity contribution in [3.8, 4) is 5.88 Å². The summed E-state index contributed by atoms with van der Waals surface area (Å²) in [6.45, 7) is 8.25.